The molecule has 3 rings (SSSR count). The van der Waals surface area contributed by atoms with Gasteiger partial charge in [-0.2, -0.15) is 5.10 Å². The topological polar surface area (TPSA) is 123 Å². The lowest BCUT2D eigenvalue weighted by Gasteiger charge is -2.24. The van der Waals surface area contributed by atoms with Crippen LogP contribution in [-0.2, 0) is 18.3 Å². The van der Waals surface area contributed by atoms with E-state index in [-0.39, 0.29) is 18.0 Å². The van der Waals surface area contributed by atoms with Gasteiger partial charge in [0.1, 0.15) is 6.04 Å². The van der Waals surface area contributed by atoms with Gasteiger partial charge < -0.3 is 20.5 Å². The Bertz CT molecular complexity index is 980. The SMILES string of the molecule is COc1cnn(C)c(=O)c1-c1ccc(C[C@H](NC(=O)NC2CCCCC2)C(=O)O)cc1. The summed E-state index contributed by atoms with van der Waals surface area (Å²) in [5.74, 6) is -0.743. The lowest BCUT2D eigenvalue weighted by Crippen LogP contribution is -2.50. The van der Waals surface area contributed by atoms with Crippen LogP contribution in [0.1, 0.15) is 37.7 Å². The van der Waals surface area contributed by atoms with Gasteiger partial charge in [-0.1, -0.05) is 43.5 Å². The molecular formula is C22H28N4O5. The number of ether oxygens (including phenoxy) is 1. The van der Waals surface area contributed by atoms with E-state index in [1.807, 2.05) is 0 Å². The van der Waals surface area contributed by atoms with E-state index >= 15 is 0 Å². The minimum Gasteiger partial charge on any atom is -0.494 e. The fourth-order valence-electron chi connectivity index (χ4n) is 3.82. The highest BCUT2D eigenvalue weighted by molar-refractivity contribution is 5.83. The molecule has 166 valence electrons. The molecule has 1 fully saturated rings. The number of aromatic nitrogens is 2. The highest BCUT2D eigenvalue weighted by atomic mass is 16.5. The molecule has 1 aromatic heterocycles. The van der Waals surface area contributed by atoms with E-state index in [1.54, 1.807) is 31.3 Å². The molecule has 0 saturated heterocycles. The highest BCUT2D eigenvalue weighted by Gasteiger charge is 2.23. The van der Waals surface area contributed by atoms with E-state index in [1.165, 1.54) is 24.4 Å². The van der Waals surface area contributed by atoms with Crippen molar-refractivity contribution < 1.29 is 19.4 Å². The molecule has 2 aromatic rings. The third-order valence-corrected chi connectivity index (χ3v) is 5.55. The largest absolute Gasteiger partial charge is 0.494 e. The molecule has 31 heavy (non-hydrogen) atoms. The molecule has 0 spiro atoms. The van der Waals surface area contributed by atoms with Gasteiger partial charge in [0.2, 0.25) is 0 Å². The van der Waals surface area contributed by atoms with E-state index in [4.69, 9.17) is 4.74 Å². The average molecular weight is 428 g/mol. The molecule has 1 aliphatic rings. The van der Waals surface area contributed by atoms with Crippen LogP contribution >= 0.6 is 0 Å². The number of carbonyl (C=O) groups excluding carboxylic acids is 1. The van der Waals surface area contributed by atoms with E-state index in [9.17, 15) is 19.5 Å². The van der Waals surface area contributed by atoms with Crippen molar-refractivity contribution in [3.63, 3.8) is 0 Å². The Morgan fingerprint density at radius 1 is 1.23 bits per heavy atom. The summed E-state index contributed by atoms with van der Waals surface area (Å²) in [5.41, 5.74) is 1.44. The number of nitrogens with one attached hydrogen (secondary N) is 2. The quantitative estimate of drug-likeness (QED) is 0.621. The fraction of sp³-hybridized carbons (Fsp3) is 0.455. The van der Waals surface area contributed by atoms with Crippen LogP contribution in [0.25, 0.3) is 11.1 Å². The molecule has 0 aliphatic heterocycles. The Labute approximate surface area is 180 Å². The molecule has 9 heteroatoms. The second-order valence-electron chi connectivity index (χ2n) is 7.76. The summed E-state index contributed by atoms with van der Waals surface area (Å²) in [5, 5.41) is 18.9. The Balaban J connectivity index is 1.70. The summed E-state index contributed by atoms with van der Waals surface area (Å²) >= 11 is 0. The maximum absolute atomic E-state index is 12.5. The summed E-state index contributed by atoms with van der Waals surface area (Å²) in [4.78, 5) is 36.4. The van der Waals surface area contributed by atoms with Crippen LogP contribution in [0.4, 0.5) is 4.79 Å². The molecule has 1 aliphatic carbocycles. The zero-order chi connectivity index (χ0) is 22.4. The summed E-state index contributed by atoms with van der Waals surface area (Å²) in [7, 11) is 3.02. The van der Waals surface area contributed by atoms with Crippen LogP contribution in [-0.4, -0.2) is 46.1 Å². The fourth-order valence-corrected chi connectivity index (χ4v) is 3.82. The summed E-state index contributed by atoms with van der Waals surface area (Å²) < 4.78 is 6.48. The monoisotopic (exact) mass is 428 g/mol. The lowest BCUT2D eigenvalue weighted by molar-refractivity contribution is -0.139. The Morgan fingerprint density at radius 3 is 2.52 bits per heavy atom. The van der Waals surface area contributed by atoms with E-state index in [0.29, 0.717) is 16.9 Å². The summed E-state index contributed by atoms with van der Waals surface area (Å²) in [6, 6.07) is 5.53. The number of hydrogen-bond donors (Lipinski definition) is 3. The first kappa shape index (κ1) is 22.3. The number of aliphatic carboxylic acids is 1. The first-order chi connectivity index (χ1) is 14.9. The number of amides is 2. The number of aryl methyl sites for hydroxylation is 1. The normalized spacial score (nSPS) is 15.2. The van der Waals surface area contributed by atoms with Gasteiger partial charge in [-0.3, -0.25) is 4.79 Å². The number of rotatable bonds is 7. The van der Waals surface area contributed by atoms with Crippen molar-refractivity contribution in [1.82, 2.24) is 20.4 Å². The number of hydrogen-bond acceptors (Lipinski definition) is 5. The predicted octanol–water partition coefficient (Wildman–Crippen LogP) is 2.08. The van der Waals surface area contributed by atoms with Gasteiger partial charge in [0, 0.05) is 19.5 Å². The Hall–Kier alpha value is -3.36. The van der Waals surface area contributed by atoms with Crippen LogP contribution in [0.5, 0.6) is 5.75 Å². The minimum absolute atomic E-state index is 0.0976. The molecule has 0 bridgehead atoms. The second kappa shape index (κ2) is 10.1. The van der Waals surface area contributed by atoms with E-state index < -0.39 is 18.0 Å². The molecule has 2 amide bonds. The Kier molecular flexibility index (Phi) is 7.28. The van der Waals surface area contributed by atoms with Crippen molar-refractivity contribution in [2.24, 2.45) is 7.05 Å². The van der Waals surface area contributed by atoms with Gasteiger partial charge in [-0.05, 0) is 24.0 Å². The van der Waals surface area contributed by atoms with Gasteiger partial charge in [0.05, 0.1) is 18.9 Å². The number of carbonyl (C=O) groups is 2. The van der Waals surface area contributed by atoms with Crippen LogP contribution in [0, 0.1) is 0 Å². The first-order valence-corrected chi connectivity index (χ1v) is 10.4. The number of methoxy groups -OCH3 is 1. The molecule has 1 heterocycles. The minimum atomic E-state index is -1.10. The number of carboxylic acids is 1. The predicted molar refractivity (Wildman–Crippen MR) is 115 cm³/mol. The highest BCUT2D eigenvalue weighted by Crippen LogP contribution is 2.25. The van der Waals surface area contributed by atoms with Crippen molar-refractivity contribution >= 4 is 12.0 Å². The molecule has 1 aromatic carbocycles. The average Bonchev–Trinajstić information content (AvgIpc) is 2.76. The lowest BCUT2D eigenvalue weighted by atomic mass is 9.96. The molecule has 0 unspecified atom stereocenters. The molecule has 1 atom stereocenters. The number of nitrogens with zero attached hydrogens (tertiary/aromatic N) is 2. The smallest absolute Gasteiger partial charge is 0.326 e. The zero-order valence-corrected chi connectivity index (χ0v) is 17.8. The van der Waals surface area contributed by atoms with Crippen molar-refractivity contribution in [2.45, 2.75) is 50.6 Å². The van der Waals surface area contributed by atoms with Crippen LogP contribution < -0.4 is 20.9 Å². The van der Waals surface area contributed by atoms with Crippen molar-refractivity contribution in [2.75, 3.05) is 7.11 Å². The molecular weight excluding hydrogens is 400 g/mol. The van der Waals surface area contributed by atoms with Crippen molar-refractivity contribution in [1.29, 1.82) is 0 Å². The van der Waals surface area contributed by atoms with Gasteiger partial charge >= 0.3 is 12.0 Å². The standard InChI is InChI=1S/C22H28N4O5/c1-26-20(27)19(18(31-2)13-23-26)15-10-8-14(9-11-15)12-17(21(28)29)25-22(30)24-16-6-4-3-5-7-16/h8-11,13,16-17H,3-7,12H2,1-2H3,(H,28,29)(H2,24,25,30)/t17-/m0/s1. The van der Waals surface area contributed by atoms with Gasteiger partial charge in [-0.25, -0.2) is 14.3 Å². The third-order valence-electron chi connectivity index (χ3n) is 5.55. The molecule has 3 N–H and O–H groups in total. The van der Waals surface area contributed by atoms with Crippen molar-refractivity contribution in [3.05, 3.63) is 46.4 Å². The number of benzene rings is 1. The zero-order valence-electron chi connectivity index (χ0n) is 17.8. The van der Waals surface area contributed by atoms with Crippen LogP contribution in [0.15, 0.2) is 35.3 Å². The molecule has 9 nitrogen and oxygen atoms in total. The van der Waals surface area contributed by atoms with Gasteiger partial charge in [0.25, 0.3) is 5.56 Å². The van der Waals surface area contributed by atoms with Crippen LogP contribution in [0.3, 0.4) is 0 Å². The van der Waals surface area contributed by atoms with Crippen molar-refractivity contribution in [3.8, 4) is 16.9 Å². The second-order valence-corrected chi connectivity index (χ2v) is 7.76. The van der Waals surface area contributed by atoms with Crippen LogP contribution in [0.2, 0.25) is 0 Å². The van der Waals surface area contributed by atoms with Gasteiger partial charge in [0.15, 0.2) is 5.75 Å². The van der Waals surface area contributed by atoms with E-state index in [2.05, 4.69) is 15.7 Å². The van der Waals surface area contributed by atoms with E-state index in [0.717, 1.165) is 31.2 Å². The molecule has 0 radical (unpaired) electrons. The third kappa shape index (κ3) is 5.62. The summed E-state index contributed by atoms with van der Waals surface area (Å²) in [6.45, 7) is 0. The molecule has 1 saturated carbocycles. The Morgan fingerprint density at radius 2 is 1.90 bits per heavy atom. The first-order valence-electron chi connectivity index (χ1n) is 10.4. The maximum atomic E-state index is 12.5. The maximum Gasteiger partial charge on any atom is 0.326 e. The van der Waals surface area contributed by atoms with Gasteiger partial charge in [-0.15, -0.1) is 0 Å². The number of carboxylic acid groups (broad SMARTS) is 1. The number of urea groups is 1. The summed E-state index contributed by atoms with van der Waals surface area (Å²) in [6.07, 6.45) is 6.76.